The minimum atomic E-state index is -1.15. The number of carbonyl (C=O) groups is 3. The van der Waals surface area contributed by atoms with Crippen LogP contribution >= 0.6 is 24.0 Å². The molecule has 2 aromatic rings. The van der Waals surface area contributed by atoms with Gasteiger partial charge in [0.2, 0.25) is 0 Å². The molecule has 26 heavy (non-hydrogen) atoms. The number of nitrogens with zero attached hydrogens (tertiary/aromatic N) is 1. The van der Waals surface area contributed by atoms with Gasteiger partial charge in [0, 0.05) is 11.6 Å². The molecule has 1 aromatic heterocycles. The second kappa shape index (κ2) is 7.14. The Morgan fingerprint density at radius 2 is 1.85 bits per heavy atom. The van der Waals surface area contributed by atoms with E-state index in [4.69, 9.17) is 26.8 Å². The molecule has 9 heteroatoms. The molecule has 0 saturated carbocycles. The van der Waals surface area contributed by atoms with Gasteiger partial charge in [0.15, 0.2) is 0 Å². The second-order valence-corrected chi connectivity index (χ2v) is 6.92. The first-order valence-corrected chi connectivity index (χ1v) is 8.48. The Balaban J connectivity index is 1.81. The molecule has 0 radical (unpaired) electrons. The molecule has 7 nitrogen and oxygen atoms in total. The normalized spacial score (nSPS) is 15.7. The minimum Gasteiger partial charge on any atom is -0.480 e. The summed E-state index contributed by atoms with van der Waals surface area (Å²) in [5, 5.41) is 17.7. The number of carboxylic acids is 2. The van der Waals surface area contributed by atoms with E-state index in [1.807, 2.05) is 0 Å². The number of aliphatic carboxylic acids is 1. The van der Waals surface area contributed by atoms with Crippen LogP contribution in [0, 0.1) is 0 Å². The van der Waals surface area contributed by atoms with Crippen LogP contribution in [0.2, 0.25) is 0 Å². The molecular formula is C17H11NO6S2. The number of hydrogen-bond donors (Lipinski definition) is 2. The van der Waals surface area contributed by atoms with Crippen molar-refractivity contribution in [2.75, 3.05) is 6.54 Å². The highest BCUT2D eigenvalue weighted by atomic mass is 32.2. The lowest BCUT2D eigenvalue weighted by Gasteiger charge is -2.09. The third-order valence-corrected chi connectivity index (χ3v) is 4.86. The average Bonchev–Trinajstić information content (AvgIpc) is 3.15. The van der Waals surface area contributed by atoms with E-state index in [-0.39, 0.29) is 14.8 Å². The van der Waals surface area contributed by atoms with Gasteiger partial charge in [-0.3, -0.25) is 14.5 Å². The zero-order valence-corrected chi connectivity index (χ0v) is 14.7. The lowest BCUT2D eigenvalue weighted by Crippen LogP contribution is -2.33. The standard InChI is InChI=1S/C17H11NO6S2/c19-14(20)8-18-15(21)13(26-17(18)25)7-11-5-6-12(24-11)9-1-3-10(4-2-9)16(22)23/h1-7H,8H2,(H,19,20)(H,22,23). The number of hydrogen-bond acceptors (Lipinski definition) is 6. The Morgan fingerprint density at radius 1 is 1.15 bits per heavy atom. The number of aromatic carboxylic acids is 1. The van der Waals surface area contributed by atoms with Gasteiger partial charge in [-0.05, 0) is 24.3 Å². The zero-order valence-electron chi connectivity index (χ0n) is 13.0. The predicted octanol–water partition coefficient (Wildman–Crippen LogP) is 2.93. The van der Waals surface area contributed by atoms with E-state index in [2.05, 4.69) is 0 Å². The maximum Gasteiger partial charge on any atom is 0.335 e. The molecule has 3 rings (SSSR count). The molecule has 1 amide bonds. The quantitative estimate of drug-likeness (QED) is 0.594. The van der Waals surface area contributed by atoms with E-state index in [0.717, 1.165) is 16.7 Å². The van der Waals surface area contributed by atoms with Gasteiger partial charge in [-0.2, -0.15) is 0 Å². The Kier molecular flexibility index (Phi) is 4.92. The van der Waals surface area contributed by atoms with Gasteiger partial charge in [0.1, 0.15) is 22.4 Å². The smallest absolute Gasteiger partial charge is 0.335 e. The van der Waals surface area contributed by atoms with Gasteiger partial charge in [-0.25, -0.2) is 4.79 Å². The predicted molar refractivity (Wildman–Crippen MR) is 98.6 cm³/mol. The van der Waals surface area contributed by atoms with Crippen LogP contribution in [0.1, 0.15) is 16.1 Å². The molecular weight excluding hydrogens is 378 g/mol. The fourth-order valence-corrected chi connectivity index (χ4v) is 3.50. The monoisotopic (exact) mass is 389 g/mol. The maximum absolute atomic E-state index is 12.2. The van der Waals surface area contributed by atoms with Crippen molar-refractivity contribution in [2.45, 2.75) is 0 Å². The number of furan rings is 1. The van der Waals surface area contributed by atoms with Crippen LogP contribution in [-0.2, 0) is 9.59 Å². The fraction of sp³-hybridized carbons (Fsp3) is 0.0588. The molecule has 132 valence electrons. The SMILES string of the molecule is O=C(O)CN1C(=O)C(=Cc2ccc(-c3ccc(C(=O)O)cc3)o2)SC1=S. The van der Waals surface area contributed by atoms with Crippen molar-refractivity contribution in [1.29, 1.82) is 0 Å². The molecule has 1 aliphatic rings. The van der Waals surface area contributed by atoms with Crippen LogP contribution in [-0.4, -0.2) is 43.8 Å². The van der Waals surface area contributed by atoms with Gasteiger partial charge in [-0.15, -0.1) is 0 Å². The molecule has 1 fully saturated rings. The first-order chi connectivity index (χ1) is 12.3. The first-order valence-electron chi connectivity index (χ1n) is 7.26. The van der Waals surface area contributed by atoms with E-state index < -0.39 is 24.4 Å². The van der Waals surface area contributed by atoms with Crippen molar-refractivity contribution < 1.29 is 29.0 Å². The van der Waals surface area contributed by atoms with Crippen molar-refractivity contribution in [2.24, 2.45) is 0 Å². The molecule has 0 atom stereocenters. The Labute approximate surface area is 156 Å². The van der Waals surface area contributed by atoms with Crippen molar-refractivity contribution in [1.82, 2.24) is 4.90 Å². The van der Waals surface area contributed by atoms with Crippen LogP contribution in [0.3, 0.4) is 0 Å². The highest BCUT2D eigenvalue weighted by Crippen LogP contribution is 2.33. The number of carbonyl (C=O) groups excluding carboxylic acids is 1. The van der Waals surface area contributed by atoms with Gasteiger partial charge in [-0.1, -0.05) is 36.1 Å². The topological polar surface area (TPSA) is 108 Å². The van der Waals surface area contributed by atoms with E-state index in [1.54, 1.807) is 24.3 Å². The van der Waals surface area contributed by atoms with Crippen LogP contribution in [0.25, 0.3) is 17.4 Å². The highest BCUT2D eigenvalue weighted by molar-refractivity contribution is 8.26. The lowest BCUT2D eigenvalue weighted by molar-refractivity contribution is -0.140. The van der Waals surface area contributed by atoms with Crippen LogP contribution in [0.4, 0.5) is 0 Å². The second-order valence-electron chi connectivity index (χ2n) is 5.25. The van der Waals surface area contributed by atoms with E-state index in [0.29, 0.717) is 17.1 Å². The lowest BCUT2D eigenvalue weighted by atomic mass is 10.1. The van der Waals surface area contributed by atoms with Crippen molar-refractivity contribution in [3.63, 3.8) is 0 Å². The number of thiocarbonyl (C=S) groups is 1. The van der Waals surface area contributed by atoms with Crippen LogP contribution in [0.5, 0.6) is 0 Å². The van der Waals surface area contributed by atoms with E-state index >= 15 is 0 Å². The van der Waals surface area contributed by atoms with E-state index in [1.165, 1.54) is 18.2 Å². The Hall–Kier alpha value is -2.91. The summed E-state index contributed by atoms with van der Waals surface area (Å²) in [7, 11) is 0. The first kappa shape index (κ1) is 17.9. The number of carboxylic acid groups (broad SMARTS) is 2. The van der Waals surface area contributed by atoms with Crippen molar-refractivity contribution >= 4 is 52.2 Å². The molecule has 2 N–H and O–H groups in total. The molecule has 0 aliphatic carbocycles. The number of amides is 1. The summed E-state index contributed by atoms with van der Waals surface area (Å²) in [6.07, 6.45) is 1.50. The van der Waals surface area contributed by atoms with E-state index in [9.17, 15) is 14.4 Å². The van der Waals surface area contributed by atoms with Crippen LogP contribution in [0.15, 0.2) is 45.7 Å². The summed E-state index contributed by atoms with van der Waals surface area (Å²) in [5.74, 6) is -1.73. The van der Waals surface area contributed by atoms with Gasteiger partial charge in [0.25, 0.3) is 5.91 Å². The summed E-state index contributed by atoms with van der Waals surface area (Å²) < 4.78 is 5.84. The molecule has 0 spiro atoms. The van der Waals surface area contributed by atoms with Gasteiger partial charge >= 0.3 is 11.9 Å². The number of rotatable bonds is 5. The summed E-state index contributed by atoms with van der Waals surface area (Å²) in [4.78, 5) is 35.2. The molecule has 1 aliphatic heterocycles. The molecule has 0 bridgehead atoms. The molecule has 1 aromatic carbocycles. The fourth-order valence-electron chi connectivity index (χ4n) is 2.26. The summed E-state index contributed by atoms with van der Waals surface area (Å²) in [6, 6.07) is 9.54. The van der Waals surface area contributed by atoms with Crippen molar-refractivity contribution in [3.05, 3.63) is 52.6 Å². The summed E-state index contributed by atoms with van der Waals surface area (Å²) >= 11 is 6.04. The zero-order chi connectivity index (χ0) is 18.8. The molecule has 2 heterocycles. The van der Waals surface area contributed by atoms with Gasteiger partial charge < -0.3 is 14.6 Å². The maximum atomic E-state index is 12.2. The Bertz CT molecular complexity index is 944. The summed E-state index contributed by atoms with van der Waals surface area (Å²) in [6.45, 7) is -0.485. The third kappa shape index (κ3) is 3.68. The Morgan fingerprint density at radius 3 is 2.46 bits per heavy atom. The van der Waals surface area contributed by atoms with Gasteiger partial charge in [0.05, 0.1) is 10.5 Å². The minimum absolute atomic E-state index is 0.169. The number of benzene rings is 1. The largest absolute Gasteiger partial charge is 0.480 e. The number of thioether (sulfide) groups is 1. The highest BCUT2D eigenvalue weighted by Gasteiger charge is 2.33. The molecule has 0 unspecified atom stereocenters. The molecule has 1 saturated heterocycles. The third-order valence-electron chi connectivity index (χ3n) is 3.48. The summed E-state index contributed by atoms with van der Waals surface area (Å²) in [5.41, 5.74) is 0.857. The van der Waals surface area contributed by atoms with Crippen molar-refractivity contribution in [3.8, 4) is 11.3 Å². The van der Waals surface area contributed by atoms with Crippen LogP contribution < -0.4 is 0 Å². The average molecular weight is 389 g/mol.